The Morgan fingerprint density at radius 1 is 0.826 bits per heavy atom. The van der Waals surface area contributed by atoms with Gasteiger partial charge in [-0.2, -0.15) is 0 Å². The van der Waals surface area contributed by atoms with E-state index in [1.165, 1.54) is 64.7 Å². The number of pyridine rings is 1. The summed E-state index contributed by atoms with van der Waals surface area (Å²) >= 11 is 0. The van der Waals surface area contributed by atoms with Crippen molar-refractivity contribution in [3.63, 3.8) is 0 Å². The minimum absolute atomic E-state index is 0. The maximum absolute atomic E-state index is 10.5. The van der Waals surface area contributed by atoms with Gasteiger partial charge in [-0.1, -0.05) is 70.8 Å². The fourth-order valence-corrected chi connectivity index (χ4v) is 2.15. The number of carbonyl (C=O) groups excluding carboxylic acids is 1. The van der Waals surface area contributed by atoms with Crippen LogP contribution in [0.2, 0.25) is 0 Å². The lowest BCUT2D eigenvalue weighted by atomic mass is 10.1. The van der Waals surface area contributed by atoms with Crippen LogP contribution in [-0.4, -0.2) is 12.6 Å². The second-order valence-electron chi connectivity index (χ2n) is 5.60. The van der Waals surface area contributed by atoms with Gasteiger partial charge in [0.15, 0.2) is 12.4 Å². The van der Waals surface area contributed by atoms with Gasteiger partial charge in [-0.15, -0.1) is 0 Å². The molecule has 0 aliphatic heterocycles. The number of rotatable bonds is 11. The van der Waals surface area contributed by atoms with Gasteiger partial charge in [-0.3, -0.25) is 4.79 Å². The Morgan fingerprint density at radius 2 is 1.30 bits per heavy atom. The largest absolute Gasteiger partial charge is 1.00 e. The van der Waals surface area contributed by atoms with Gasteiger partial charge in [0, 0.05) is 19.1 Å². The Hall–Kier alpha value is -1.09. The zero-order valence-electron chi connectivity index (χ0n) is 14.9. The number of carbonyl (C=O) groups is 1. The Balaban J connectivity index is 0. The first kappa shape index (κ1) is 24.2. The van der Waals surface area contributed by atoms with Crippen molar-refractivity contribution in [2.75, 3.05) is 6.61 Å². The number of aromatic amines is 1. The van der Waals surface area contributed by atoms with E-state index in [0.29, 0.717) is 6.61 Å². The topological polar surface area (TPSA) is 40.4 Å². The lowest BCUT2D eigenvalue weighted by molar-refractivity contribution is -0.377. The Morgan fingerprint density at radius 3 is 1.65 bits per heavy atom. The monoisotopic (exact) mass is 343 g/mol. The highest BCUT2D eigenvalue weighted by Gasteiger charge is 1.94. The fraction of sp³-hybridized carbons (Fsp3) is 0.684. The van der Waals surface area contributed by atoms with Gasteiger partial charge in [0.25, 0.3) is 0 Å². The molecule has 0 unspecified atom stereocenters. The van der Waals surface area contributed by atoms with E-state index in [1.807, 2.05) is 30.6 Å². The van der Waals surface area contributed by atoms with E-state index in [4.69, 9.17) is 4.74 Å². The molecule has 0 aromatic carbocycles. The predicted molar refractivity (Wildman–Crippen MR) is 91.5 cm³/mol. The molecule has 0 radical (unpaired) electrons. The highest BCUT2D eigenvalue weighted by atomic mass is 35.5. The first-order chi connectivity index (χ1) is 10.8. The fourth-order valence-electron chi connectivity index (χ4n) is 2.15. The van der Waals surface area contributed by atoms with Crippen molar-refractivity contribution in [1.29, 1.82) is 0 Å². The summed E-state index contributed by atoms with van der Waals surface area (Å²) in [7, 11) is 0. The molecule has 0 fully saturated rings. The number of esters is 1. The van der Waals surface area contributed by atoms with Crippen LogP contribution in [0.25, 0.3) is 0 Å². The van der Waals surface area contributed by atoms with Crippen molar-refractivity contribution >= 4 is 5.97 Å². The van der Waals surface area contributed by atoms with Gasteiger partial charge >= 0.3 is 5.97 Å². The van der Waals surface area contributed by atoms with E-state index in [9.17, 15) is 4.79 Å². The van der Waals surface area contributed by atoms with Crippen LogP contribution in [0.15, 0.2) is 30.6 Å². The minimum atomic E-state index is -0.157. The molecule has 4 heteroatoms. The maximum atomic E-state index is 10.5. The number of hydrogen-bond donors (Lipinski definition) is 0. The van der Waals surface area contributed by atoms with Crippen molar-refractivity contribution in [2.24, 2.45) is 0 Å². The van der Waals surface area contributed by atoms with Crippen LogP contribution in [-0.2, 0) is 9.53 Å². The molecule has 23 heavy (non-hydrogen) atoms. The maximum Gasteiger partial charge on any atom is 0.302 e. The van der Waals surface area contributed by atoms with Crippen LogP contribution >= 0.6 is 0 Å². The lowest BCUT2D eigenvalue weighted by Crippen LogP contribution is -3.00. The molecule has 3 nitrogen and oxygen atoms in total. The van der Waals surface area contributed by atoms with Crippen LogP contribution in [0.1, 0.15) is 78.1 Å². The van der Waals surface area contributed by atoms with Crippen LogP contribution in [0.5, 0.6) is 0 Å². The zero-order chi connectivity index (χ0) is 16.3. The molecule has 0 aliphatic carbocycles. The SMILES string of the molecule is CCCCCCCCCCCCOC(C)=O.[Cl-].c1cc[nH+]cc1. The quantitative estimate of drug-likeness (QED) is 0.455. The molecule has 134 valence electrons. The van der Waals surface area contributed by atoms with Gasteiger partial charge in [-0.05, 0) is 6.42 Å². The third kappa shape index (κ3) is 23.3. The van der Waals surface area contributed by atoms with E-state index < -0.39 is 0 Å². The average molecular weight is 344 g/mol. The second-order valence-corrected chi connectivity index (χ2v) is 5.60. The van der Waals surface area contributed by atoms with Gasteiger partial charge in [0.2, 0.25) is 0 Å². The van der Waals surface area contributed by atoms with Crippen LogP contribution in [0.3, 0.4) is 0 Å². The Kier molecular flexibility index (Phi) is 22.0. The van der Waals surface area contributed by atoms with Crippen molar-refractivity contribution < 1.29 is 26.9 Å². The van der Waals surface area contributed by atoms with Crippen molar-refractivity contribution in [3.05, 3.63) is 30.6 Å². The predicted octanol–water partition coefficient (Wildman–Crippen LogP) is 1.98. The van der Waals surface area contributed by atoms with E-state index in [-0.39, 0.29) is 18.4 Å². The third-order valence-corrected chi connectivity index (χ3v) is 3.41. The van der Waals surface area contributed by atoms with Gasteiger partial charge < -0.3 is 17.1 Å². The summed E-state index contributed by atoms with van der Waals surface area (Å²) < 4.78 is 4.87. The summed E-state index contributed by atoms with van der Waals surface area (Å²) in [6.07, 6.45) is 16.9. The summed E-state index contributed by atoms with van der Waals surface area (Å²) in [5, 5.41) is 0. The molecular formula is C19H34ClNO2. The molecule has 1 aromatic rings. The number of ether oxygens (including phenoxy) is 1. The molecule has 1 heterocycles. The molecule has 0 saturated heterocycles. The first-order valence-electron chi connectivity index (χ1n) is 8.81. The molecule has 0 aliphatic rings. The van der Waals surface area contributed by atoms with E-state index in [2.05, 4.69) is 11.9 Å². The van der Waals surface area contributed by atoms with Crippen molar-refractivity contribution in [3.8, 4) is 0 Å². The van der Waals surface area contributed by atoms with Crippen LogP contribution < -0.4 is 17.4 Å². The normalized spacial score (nSPS) is 9.30. The summed E-state index contributed by atoms with van der Waals surface area (Å²) in [5.41, 5.74) is 0. The Bertz CT molecular complexity index is 307. The Labute approximate surface area is 148 Å². The summed E-state index contributed by atoms with van der Waals surface area (Å²) in [4.78, 5) is 13.4. The molecule has 0 atom stereocenters. The van der Waals surface area contributed by atoms with E-state index in [1.54, 1.807) is 0 Å². The molecular weight excluding hydrogens is 310 g/mol. The van der Waals surface area contributed by atoms with Gasteiger partial charge in [-0.25, -0.2) is 4.98 Å². The van der Waals surface area contributed by atoms with Gasteiger partial charge in [0.1, 0.15) is 0 Å². The molecule has 0 amide bonds. The lowest BCUT2D eigenvalue weighted by Gasteiger charge is -2.02. The van der Waals surface area contributed by atoms with Crippen LogP contribution in [0, 0.1) is 0 Å². The minimum Gasteiger partial charge on any atom is -1.00 e. The smallest absolute Gasteiger partial charge is 0.302 e. The van der Waals surface area contributed by atoms with Crippen molar-refractivity contribution in [1.82, 2.24) is 0 Å². The van der Waals surface area contributed by atoms with E-state index >= 15 is 0 Å². The molecule has 1 N–H and O–H groups in total. The number of unbranched alkanes of at least 4 members (excludes halogenated alkanes) is 9. The number of nitrogens with one attached hydrogen (secondary N) is 1. The molecule has 1 rings (SSSR count). The first-order valence-corrected chi connectivity index (χ1v) is 8.81. The second kappa shape index (κ2) is 20.9. The zero-order valence-corrected chi connectivity index (χ0v) is 15.6. The van der Waals surface area contributed by atoms with Gasteiger partial charge in [0.05, 0.1) is 6.61 Å². The highest BCUT2D eigenvalue weighted by molar-refractivity contribution is 5.65. The standard InChI is InChI=1S/C14H28O2.C5H5N.ClH/c1-3-4-5-6-7-8-9-10-11-12-13-16-14(2)15;1-2-4-6-5-3-1;/h3-13H2,1-2H3;1-5H;1H. The molecule has 0 bridgehead atoms. The highest BCUT2D eigenvalue weighted by Crippen LogP contribution is 2.10. The average Bonchev–Trinajstić information content (AvgIpc) is 2.54. The number of halogens is 1. The molecule has 1 aromatic heterocycles. The number of H-pyrrole nitrogens is 1. The summed E-state index contributed by atoms with van der Waals surface area (Å²) in [5.74, 6) is -0.157. The number of aromatic nitrogens is 1. The summed E-state index contributed by atoms with van der Waals surface area (Å²) in [6, 6.07) is 5.86. The van der Waals surface area contributed by atoms with E-state index in [0.717, 1.165) is 6.42 Å². The molecule has 0 saturated carbocycles. The van der Waals surface area contributed by atoms with Crippen LogP contribution in [0.4, 0.5) is 0 Å². The number of hydrogen-bond acceptors (Lipinski definition) is 2. The third-order valence-electron chi connectivity index (χ3n) is 3.41. The molecule has 0 spiro atoms. The summed E-state index contributed by atoms with van der Waals surface area (Å²) in [6.45, 7) is 4.32. The van der Waals surface area contributed by atoms with Crippen molar-refractivity contribution in [2.45, 2.75) is 78.1 Å².